The molecule has 1 aliphatic rings. The number of thiazole rings is 1. The van der Waals surface area contributed by atoms with Gasteiger partial charge in [-0.25, -0.2) is 9.78 Å². The number of nitrogens with zero attached hydrogens (tertiary/aromatic N) is 1. The molecule has 0 atom stereocenters. The predicted molar refractivity (Wildman–Crippen MR) is 112 cm³/mol. The molecule has 0 unspecified atom stereocenters. The molecule has 0 saturated carbocycles. The summed E-state index contributed by atoms with van der Waals surface area (Å²) in [4.78, 5) is 28.3. The smallest absolute Gasteiger partial charge is 0.337 e. The van der Waals surface area contributed by atoms with E-state index in [9.17, 15) is 14.7 Å². The lowest BCUT2D eigenvalue weighted by molar-refractivity contribution is -0.115. The second-order valence-electron chi connectivity index (χ2n) is 6.13. The normalized spacial score (nSPS) is 15.0. The molecule has 0 aliphatic heterocycles. The van der Waals surface area contributed by atoms with E-state index in [-0.39, 0.29) is 23.6 Å². The molecular weight excluding hydrogens is 372 g/mol. The Morgan fingerprint density at radius 3 is 2.82 bits per heavy atom. The Kier molecular flexibility index (Phi) is 6.34. The van der Waals surface area contributed by atoms with Gasteiger partial charge in [0.05, 0.1) is 23.4 Å². The van der Waals surface area contributed by atoms with Crippen molar-refractivity contribution in [2.75, 3.05) is 5.32 Å². The lowest BCUT2D eigenvalue weighted by atomic mass is 9.99. The van der Waals surface area contributed by atoms with Crippen LogP contribution in [0.3, 0.4) is 0 Å². The number of anilines is 1. The third-order valence-corrected chi connectivity index (χ3v) is 4.98. The number of carboxylic acid groups (broad SMARTS) is 1. The number of aromatic carboxylic acids is 1. The summed E-state index contributed by atoms with van der Waals surface area (Å²) in [7, 11) is 0. The molecule has 0 saturated heterocycles. The van der Waals surface area contributed by atoms with Crippen molar-refractivity contribution < 1.29 is 14.7 Å². The van der Waals surface area contributed by atoms with Crippen molar-refractivity contribution in [3.05, 3.63) is 87.9 Å². The minimum atomic E-state index is -1.08. The standard InChI is InChI=1S/C22H20N2O3S/c1-2-8-16(15-9-4-3-5-10-15)19-14-28-21(24-19)13-20(25)23-18-12-7-6-11-17(18)22(26)27/h2-9,11-12,14H,10,13H2,1H3,(H,23,25)(H,26,27)/b8-2-,16-15+. The molecule has 3 rings (SSSR count). The average molecular weight is 392 g/mol. The van der Waals surface area contributed by atoms with Crippen molar-refractivity contribution in [3.8, 4) is 0 Å². The molecule has 1 aliphatic carbocycles. The fourth-order valence-electron chi connectivity index (χ4n) is 2.86. The molecule has 1 heterocycles. The molecule has 0 bridgehead atoms. The van der Waals surface area contributed by atoms with Gasteiger partial charge in [0, 0.05) is 11.0 Å². The van der Waals surface area contributed by atoms with Gasteiger partial charge >= 0.3 is 5.97 Å². The molecule has 5 nitrogen and oxygen atoms in total. The summed E-state index contributed by atoms with van der Waals surface area (Å²) in [5, 5.41) is 14.5. The summed E-state index contributed by atoms with van der Waals surface area (Å²) in [6, 6.07) is 6.34. The zero-order valence-corrected chi connectivity index (χ0v) is 16.2. The third-order valence-electron chi connectivity index (χ3n) is 4.13. The van der Waals surface area contributed by atoms with Crippen LogP contribution < -0.4 is 5.32 Å². The van der Waals surface area contributed by atoms with Crippen molar-refractivity contribution in [1.82, 2.24) is 4.98 Å². The number of para-hydroxylation sites is 1. The van der Waals surface area contributed by atoms with E-state index < -0.39 is 5.97 Å². The number of hydrogen-bond donors (Lipinski definition) is 2. The Labute approximate surface area is 167 Å². The van der Waals surface area contributed by atoms with Crippen LogP contribution in [0.25, 0.3) is 5.57 Å². The van der Waals surface area contributed by atoms with Gasteiger partial charge in [0.1, 0.15) is 5.01 Å². The van der Waals surface area contributed by atoms with E-state index in [0.717, 1.165) is 17.7 Å². The number of allylic oxidation sites excluding steroid dienone is 8. The minimum Gasteiger partial charge on any atom is -0.478 e. The number of hydrogen-bond acceptors (Lipinski definition) is 4. The maximum Gasteiger partial charge on any atom is 0.337 e. The monoisotopic (exact) mass is 392 g/mol. The van der Waals surface area contributed by atoms with Crippen LogP contribution in [0.2, 0.25) is 0 Å². The van der Waals surface area contributed by atoms with Gasteiger partial charge in [-0.3, -0.25) is 4.79 Å². The highest BCUT2D eigenvalue weighted by Crippen LogP contribution is 2.27. The SMILES string of the molecule is C/C=C\C(=C1\C=CC=CC1)c1csc(CC(=O)Nc2ccccc2C(=O)O)n1. The Morgan fingerprint density at radius 1 is 1.29 bits per heavy atom. The quantitative estimate of drug-likeness (QED) is 0.735. The Morgan fingerprint density at radius 2 is 2.11 bits per heavy atom. The molecule has 2 aromatic rings. The number of aromatic nitrogens is 1. The van der Waals surface area contributed by atoms with Crippen molar-refractivity contribution >= 4 is 34.5 Å². The maximum absolute atomic E-state index is 12.4. The molecule has 1 amide bonds. The van der Waals surface area contributed by atoms with Crippen LogP contribution in [0, 0.1) is 0 Å². The summed E-state index contributed by atoms with van der Waals surface area (Å²) in [5.74, 6) is -1.38. The van der Waals surface area contributed by atoms with E-state index in [1.54, 1.807) is 18.2 Å². The highest BCUT2D eigenvalue weighted by molar-refractivity contribution is 7.09. The highest BCUT2D eigenvalue weighted by Gasteiger charge is 2.15. The van der Waals surface area contributed by atoms with Gasteiger partial charge in [0.2, 0.25) is 5.91 Å². The topological polar surface area (TPSA) is 79.3 Å². The third kappa shape index (κ3) is 4.72. The van der Waals surface area contributed by atoms with E-state index >= 15 is 0 Å². The molecule has 0 fully saturated rings. The molecule has 0 radical (unpaired) electrons. The summed E-state index contributed by atoms with van der Waals surface area (Å²) in [6.07, 6.45) is 13.1. The number of nitrogens with one attached hydrogen (secondary N) is 1. The van der Waals surface area contributed by atoms with Crippen LogP contribution in [0.1, 0.15) is 34.4 Å². The molecular formula is C22H20N2O3S. The number of amides is 1. The van der Waals surface area contributed by atoms with Crippen molar-refractivity contribution in [2.24, 2.45) is 0 Å². The second-order valence-corrected chi connectivity index (χ2v) is 7.08. The summed E-state index contributed by atoms with van der Waals surface area (Å²) in [5.41, 5.74) is 3.41. The van der Waals surface area contributed by atoms with Gasteiger partial charge < -0.3 is 10.4 Å². The molecule has 1 aromatic heterocycles. The Balaban J connectivity index is 1.76. The lowest BCUT2D eigenvalue weighted by Gasteiger charge is -2.08. The molecule has 6 heteroatoms. The number of carbonyl (C=O) groups excluding carboxylic acids is 1. The first-order valence-electron chi connectivity index (χ1n) is 8.84. The second kappa shape index (κ2) is 9.10. The van der Waals surface area contributed by atoms with Crippen LogP contribution in [0.5, 0.6) is 0 Å². The first-order valence-corrected chi connectivity index (χ1v) is 9.72. The molecule has 2 N–H and O–H groups in total. The van der Waals surface area contributed by atoms with E-state index in [0.29, 0.717) is 5.01 Å². The summed E-state index contributed by atoms with van der Waals surface area (Å²) >= 11 is 1.42. The van der Waals surface area contributed by atoms with Crippen LogP contribution in [-0.4, -0.2) is 22.0 Å². The minimum absolute atomic E-state index is 0.0629. The van der Waals surface area contributed by atoms with Gasteiger partial charge in [0.15, 0.2) is 0 Å². The summed E-state index contributed by atoms with van der Waals surface area (Å²) in [6.45, 7) is 1.96. The zero-order valence-electron chi connectivity index (χ0n) is 15.4. The Hall–Kier alpha value is -3.25. The van der Waals surface area contributed by atoms with Gasteiger partial charge in [-0.05, 0) is 31.1 Å². The van der Waals surface area contributed by atoms with Gasteiger partial charge in [-0.2, -0.15) is 0 Å². The van der Waals surface area contributed by atoms with Crippen LogP contribution in [0.15, 0.2) is 71.7 Å². The summed E-state index contributed by atoms with van der Waals surface area (Å²) < 4.78 is 0. The van der Waals surface area contributed by atoms with Crippen molar-refractivity contribution in [3.63, 3.8) is 0 Å². The highest BCUT2D eigenvalue weighted by atomic mass is 32.1. The van der Waals surface area contributed by atoms with E-state index in [1.807, 2.05) is 36.6 Å². The molecule has 28 heavy (non-hydrogen) atoms. The Bertz CT molecular complexity index is 1010. The predicted octanol–water partition coefficient (Wildman–Crippen LogP) is 4.87. The molecule has 0 spiro atoms. The zero-order chi connectivity index (χ0) is 19.9. The first-order chi connectivity index (χ1) is 13.6. The van der Waals surface area contributed by atoms with Gasteiger partial charge in [-0.1, -0.05) is 48.6 Å². The van der Waals surface area contributed by atoms with Crippen LogP contribution in [-0.2, 0) is 11.2 Å². The fraction of sp³-hybridized carbons (Fsp3) is 0.136. The van der Waals surface area contributed by atoms with Crippen LogP contribution in [0.4, 0.5) is 5.69 Å². The largest absolute Gasteiger partial charge is 0.478 e. The van der Waals surface area contributed by atoms with Crippen molar-refractivity contribution in [1.29, 1.82) is 0 Å². The van der Waals surface area contributed by atoms with E-state index in [1.165, 1.54) is 23.0 Å². The van der Waals surface area contributed by atoms with Gasteiger partial charge in [0.25, 0.3) is 0 Å². The average Bonchev–Trinajstić information content (AvgIpc) is 3.15. The maximum atomic E-state index is 12.4. The lowest BCUT2D eigenvalue weighted by Crippen LogP contribution is -2.16. The first kappa shape index (κ1) is 19.5. The fourth-order valence-corrected chi connectivity index (χ4v) is 3.66. The van der Waals surface area contributed by atoms with Crippen LogP contribution >= 0.6 is 11.3 Å². The number of rotatable bonds is 6. The van der Waals surface area contributed by atoms with E-state index in [4.69, 9.17) is 0 Å². The van der Waals surface area contributed by atoms with E-state index in [2.05, 4.69) is 22.5 Å². The molecule has 1 aromatic carbocycles. The number of carbonyl (C=O) groups is 2. The molecule has 142 valence electrons. The van der Waals surface area contributed by atoms with Crippen molar-refractivity contribution in [2.45, 2.75) is 19.8 Å². The van der Waals surface area contributed by atoms with Gasteiger partial charge in [-0.15, -0.1) is 11.3 Å². The number of benzene rings is 1. The number of carboxylic acids is 1.